The van der Waals surface area contributed by atoms with Crippen molar-refractivity contribution in [1.82, 2.24) is 15.3 Å². The fourth-order valence-electron chi connectivity index (χ4n) is 1.89. The molecule has 1 amide bonds. The number of anilines is 1. The van der Waals surface area contributed by atoms with Gasteiger partial charge in [-0.3, -0.25) is 14.6 Å². The molecule has 0 fully saturated rings. The van der Waals surface area contributed by atoms with E-state index in [1.165, 1.54) is 0 Å². The van der Waals surface area contributed by atoms with Gasteiger partial charge in [-0.15, -0.1) is 0 Å². The van der Waals surface area contributed by atoms with Crippen molar-refractivity contribution in [2.75, 3.05) is 12.3 Å². The van der Waals surface area contributed by atoms with Crippen molar-refractivity contribution in [3.8, 4) is 5.75 Å². The second kappa shape index (κ2) is 7.58. The molecule has 0 spiro atoms. The van der Waals surface area contributed by atoms with Crippen LogP contribution in [0.25, 0.3) is 0 Å². The summed E-state index contributed by atoms with van der Waals surface area (Å²) in [5.74, 6) is -1.32. The molecule has 2 rings (SSSR count). The second-order valence-corrected chi connectivity index (χ2v) is 5.90. The summed E-state index contributed by atoms with van der Waals surface area (Å²) in [6.45, 7) is 1.52. The zero-order valence-electron chi connectivity index (χ0n) is 12.8. The van der Waals surface area contributed by atoms with E-state index in [2.05, 4.69) is 10.3 Å². The predicted octanol–water partition coefficient (Wildman–Crippen LogP) is 1.29. The van der Waals surface area contributed by atoms with Crippen molar-refractivity contribution in [2.24, 2.45) is 0 Å². The molecule has 0 bridgehead atoms. The molecule has 1 heterocycles. The molecule has 0 saturated heterocycles. The van der Waals surface area contributed by atoms with Crippen LogP contribution in [0.3, 0.4) is 0 Å². The van der Waals surface area contributed by atoms with Gasteiger partial charge in [0.25, 0.3) is 11.5 Å². The largest absolute Gasteiger partial charge is 0.488 e. The highest BCUT2D eigenvalue weighted by molar-refractivity contribution is 6.37. The number of nitrogens with two attached hydrogens (primary N) is 1. The Balaban J connectivity index is 2.06. The predicted molar refractivity (Wildman–Crippen MR) is 90.9 cm³/mol. The van der Waals surface area contributed by atoms with Crippen LogP contribution in [0.1, 0.15) is 17.4 Å². The number of rotatable bonds is 5. The van der Waals surface area contributed by atoms with Crippen LogP contribution >= 0.6 is 23.2 Å². The van der Waals surface area contributed by atoms with E-state index in [9.17, 15) is 18.8 Å². The number of hydrogen-bond donors (Lipinski definition) is 4. The van der Waals surface area contributed by atoms with Crippen molar-refractivity contribution in [1.29, 1.82) is 0 Å². The first-order valence-corrected chi connectivity index (χ1v) is 7.65. The Labute approximate surface area is 150 Å². The van der Waals surface area contributed by atoms with Crippen molar-refractivity contribution >= 4 is 34.8 Å². The number of halogens is 3. The molecule has 0 saturated carbocycles. The van der Waals surface area contributed by atoms with Gasteiger partial charge >= 0.3 is 5.69 Å². The van der Waals surface area contributed by atoms with Crippen LogP contribution in [-0.4, -0.2) is 28.5 Å². The lowest BCUT2D eigenvalue weighted by Gasteiger charge is -2.16. The van der Waals surface area contributed by atoms with E-state index in [0.29, 0.717) is 0 Å². The first kappa shape index (κ1) is 18.8. The molecule has 0 aliphatic heterocycles. The Hall–Kier alpha value is -2.52. The zero-order valence-corrected chi connectivity index (χ0v) is 14.3. The second-order valence-electron chi connectivity index (χ2n) is 5.08. The average molecular weight is 391 g/mol. The third-order valence-corrected chi connectivity index (χ3v) is 3.59. The average Bonchev–Trinajstić information content (AvgIpc) is 2.49. The van der Waals surface area contributed by atoms with Crippen LogP contribution in [-0.2, 0) is 0 Å². The number of amides is 1. The lowest BCUT2D eigenvalue weighted by Crippen LogP contribution is -2.40. The molecule has 2 aromatic rings. The van der Waals surface area contributed by atoms with Gasteiger partial charge in [0, 0.05) is 0 Å². The molecule has 0 aliphatic carbocycles. The van der Waals surface area contributed by atoms with Crippen molar-refractivity contribution in [3.05, 3.63) is 54.5 Å². The maximum atomic E-state index is 13.1. The molecular formula is C14H13Cl2FN4O4. The van der Waals surface area contributed by atoms with E-state index in [1.807, 2.05) is 4.98 Å². The van der Waals surface area contributed by atoms with Gasteiger partial charge in [-0.1, -0.05) is 23.2 Å². The minimum atomic E-state index is -0.873. The minimum Gasteiger partial charge on any atom is -0.488 e. The van der Waals surface area contributed by atoms with Crippen LogP contribution in [0.2, 0.25) is 10.0 Å². The van der Waals surface area contributed by atoms with Crippen LogP contribution in [0.4, 0.5) is 10.1 Å². The molecular weight excluding hydrogens is 378 g/mol. The van der Waals surface area contributed by atoms with Crippen molar-refractivity contribution in [2.45, 2.75) is 13.0 Å². The first-order valence-electron chi connectivity index (χ1n) is 6.89. The van der Waals surface area contributed by atoms with Crippen molar-refractivity contribution < 1.29 is 13.9 Å². The first-order chi connectivity index (χ1) is 11.7. The third-order valence-electron chi connectivity index (χ3n) is 3.02. The highest BCUT2D eigenvalue weighted by Crippen LogP contribution is 2.33. The fraction of sp³-hybridized carbons (Fsp3) is 0.214. The van der Waals surface area contributed by atoms with Gasteiger partial charge in [0.05, 0.1) is 16.1 Å². The van der Waals surface area contributed by atoms with Gasteiger partial charge in [-0.05, 0) is 19.1 Å². The number of benzene rings is 1. The Bertz CT molecular complexity index is 905. The zero-order chi connectivity index (χ0) is 18.7. The quantitative estimate of drug-likeness (QED) is 0.610. The highest BCUT2D eigenvalue weighted by atomic mass is 35.5. The molecule has 0 aliphatic rings. The smallest absolute Gasteiger partial charge is 0.326 e. The molecule has 1 aromatic carbocycles. The van der Waals surface area contributed by atoms with Crippen molar-refractivity contribution in [3.63, 3.8) is 0 Å². The molecule has 11 heteroatoms. The molecule has 8 nitrogen and oxygen atoms in total. The van der Waals surface area contributed by atoms with Gasteiger partial charge in [-0.25, -0.2) is 9.18 Å². The Morgan fingerprint density at radius 1 is 1.32 bits per heavy atom. The lowest BCUT2D eigenvalue weighted by atomic mass is 10.3. The van der Waals surface area contributed by atoms with Crippen LogP contribution in [0, 0.1) is 5.82 Å². The topological polar surface area (TPSA) is 130 Å². The number of carbonyl (C=O) groups excluding carboxylic acids is 1. The number of aromatic nitrogens is 2. The highest BCUT2D eigenvalue weighted by Gasteiger charge is 2.17. The Morgan fingerprint density at radius 3 is 2.52 bits per heavy atom. The summed E-state index contributed by atoms with van der Waals surface area (Å²) in [7, 11) is 0. The van der Waals surface area contributed by atoms with Gasteiger partial charge < -0.3 is 20.8 Å². The molecule has 25 heavy (non-hydrogen) atoms. The van der Waals surface area contributed by atoms with Gasteiger partial charge in [-0.2, -0.15) is 0 Å². The number of aromatic amines is 2. The summed E-state index contributed by atoms with van der Waals surface area (Å²) in [4.78, 5) is 38.8. The summed E-state index contributed by atoms with van der Waals surface area (Å²) < 4.78 is 18.5. The maximum absolute atomic E-state index is 13.1. The van der Waals surface area contributed by atoms with Crippen LogP contribution < -0.4 is 27.0 Å². The minimum absolute atomic E-state index is 0.0216. The van der Waals surface area contributed by atoms with E-state index >= 15 is 0 Å². The number of carbonyl (C=O) groups is 1. The number of H-pyrrole nitrogens is 2. The summed E-state index contributed by atoms with van der Waals surface area (Å²) in [6.07, 6.45) is 0. The molecule has 1 unspecified atom stereocenters. The summed E-state index contributed by atoms with van der Waals surface area (Å²) in [5, 5.41) is 2.44. The number of nitrogen functional groups attached to an aromatic ring is 1. The van der Waals surface area contributed by atoms with E-state index < -0.39 is 34.7 Å². The van der Waals surface area contributed by atoms with Crippen LogP contribution in [0.15, 0.2) is 21.7 Å². The number of hydrogen-bond acceptors (Lipinski definition) is 5. The summed E-state index contributed by atoms with van der Waals surface area (Å²) in [5.41, 5.74) is 2.95. The summed E-state index contributed by atoms with van der Waals surface area (Å²) >= 11 is 11.7. The Morgan fingerprint density at radius 2 is 1.92 bits per heavy atom. The number of nitrogens with one attached hydrogen (secondary N) is 3. The normalized spacial score (nSPS) is 11.8. The van der Waals surface area contributed by atoms with E-state index in [1.54, 1.807) is 6.92 Å². The molecule has 1 atom stereocenters. The monoisotopic (exact) mass is 390 g/mol. The summed E-state index contributed by atoms with van der Waals surface area (Å²) in [6, 6.07) is 1.49. The molecule has 1 aromatic heterocycles. The Kier molecular flexibility index (Phi) is 5.70. The standard InChI is InChI=1S/C14H13Cl2FN4O4/c1-5(4-25-11-7(15)2-6(17)3-8(11)16)19-13(23)10-9(18)12(22)21-14(24)20-10/h2-3,5H,4,18H2,1H3,(H,19,23)(H2,20,21,22,24). The molecule has 5 N–H and O–H groups in total. The van der Waals surface area contributed by atoms with Crippen LogP contribution in [0.5, 0.6) is 5.75 Å². The fourth-order valence-corrected chi connectivity index (χ4v) is 2.46. The molecule has 0 radical (unpaired) electrons. The van der Waals surface area contributed by atoms with E-state index in [4.69, 9.17) is 33.7 Å². The molecule has 134 valence electrons. The lowest BCUT2D eigenvalue weighted by molar-refractivity contribution is 0.0922. The van der Waals surface area contributed by atoms with E-state index in [-0.39, 0.29) is 28.1 Å². The van der Waals surface area contributed by atoms with Gasteiger partial charge in [0.1, 0.15) is 23.8 Å². The van der Waals surface area contributed by atoms with Gasteiger partial charge in [0.2, 0.25) is 0 Å². The van der Waals surface area contributed by atoms with E-state index in [0.717, 1.165) is 12.1 Å². The third kappa shape index (κ3) is 4.52. The maximum Gasteiger partial charge on any atom is 0.326 e. The van der Waals surface area contributed by atoms with Gasteiger partial charge in [0.15, 0.2) is 5.75 Å². The SMILES string of the molecule is CC(COc1c(Cl)cc(F)cc1Cl)NC(=O)c1[nH]c(=O)[nH]c(=O)c1N. The number of ether oxygens (including phenoxy) is 1.